The zero-order chi connectivity index (χ0) is 11.8. The molecule has 1 aromatic rings. The van der Waals surface area contributed by atoms with Crippen LogP contribution >= 0.6 is 0 Å². The van der Waals surface area contributed by atoms with Gasteiger partial charge in [0.2, 0.25) is 0 Å². The number of likely N-dealkylation sites (tertiary alicyclic amines) is 1. The van der Waals surface area contributed by atoms with Gasteiger partial charge in [0.25, 0.3) is 5.91 Å². The summed E-state index contributed by atoms with van der Waals surface area (Å²) in [6, 6.07) is 0.504. The minimum Gasteiger partial charge on any atom is -0.337 e. The van der Waals surface area contributed by atoms with Crippen LogP contribution in [0.2, 0.25) is 0 Å². The third kappa shape index (κ3) is 1.95. The predicted octanol–water partition coefficient (Wildman–Crippen LogP) is 0.244. The number of amides is 1. The van der Waals surface area contributed by atoms with E-state index in [1.807, 2.05) is 11.9 Å². The average Bonchev–Trinajstić information content (AvgIpc) is 2.93. The van der Waals surface area contributed by atoms with E-state index in [9.17, 15) is 4.79 Å². The maximum absolute atomic E-state index is 12.2. The molecule has 2 fully saturated rings. The summed E-state index contributed by atoms with van der Waals surface area (Å²) >= 11 is 0. The lowest BCUT2D eigenvalue weighted by atomic mass is 9.94. The number of rotatable bonds is 1. The molecule has 5 nitrogen and oxygen atoms in total. The molecular weight excluding hydrogens is 216 g/mol. The molecule has 0 spiro atoms. The molecule has 2 aliphatic rings. The lowest BCUT2D eigenvalue weighted by Crippen LogP contribution is -2.41. The van der Waals surface area contributed by atoms with Crippen molar-refractivity contribution in [1.82, 2.24) is 20.0 Å². The van der Waals surface area contributed by atoms with Gasteiger partial charge in [-0.15, -0.1) is 0 Å². The Hall–Kier alpha value is -1.36. The summed E-state index contributed by atoms with van der Waals surface area (Å²) in [6.07, 6.45) is 5.92. The summed E-state index contributed by atoms with van der Waals surface area (Å²) in [5.41, 5.74) is 0.700. The Morgan fingerprint density at radius 1 is 1.53 bits per heavy atom. The van der Waals surface area contributed by atoms with Crippen LogP contribution < -0.4 is 5.32 Å². The highest BCUT2D eigenvalue weighted by Crippen LogP contribution is 2.25. The van der Waals surface area contributed by atoms with Crippen molar-refractivity contribution in [1.29, 1.82) is 0 Å². The van der Waals surface area contributed by atoms with Crippen molar-refractivity contribution in [3.8, 4) is 0 Å². The number of nitrogens with zero attached hydrogens (tertiary/aromatic N) is 3. The molecule has 0 aliphatic carbocycles. The summed E-state index contributed by atoms with van der Waals surface area (Å²) in [5, 5.41) is 7.56. The van der Waals surface area contributed by atoms with E-state index in [0.717, 1.165) is 19.6 Å². The van der Waals surface area contributed by atoms with Gasteiger partial charge in [-0.3, -0.25) is 9.48 Å². The number of hydrogen-bond donors (Lipinski definition) is 1. The number of carbonyl (C=O) groups excluding carboxylic acids is 1. The van der Waals surface area contributed by atoms with Crippen LogP contribution in [0.4, 0.5) is 0 Å². The molecule has 3 rings (SSSR count). The van der Waals surface area contributed by atoms with Gasteiger partial charge in [0.15, 0.2) is 0 Å². The lowest BCUT2D eigenvalue weighted by molar-refractivity contribution is 0.0785. The van der Waals surface area contributed by atoms with E-state index >= 15 is 0 Å². The first-order chi connectivity index (χ1) is 8.24. The fourth-order valence-electron chi connectivity index (χ4n) is 2.93. The van der Waals surface area contributed by atoms with E-state index in [0.29, 0.717) is 17.5 Å². The molecule has 0 unspecified atom stereocenters. The van der Waals surface area contributed by atoms with Crippen molar-refractivity contribution in [2.75, 3.05) is 19.6 Å². The molecule has 0 aromatic carbocycles. The molecule has 1 aromatic heterocycles. The van der Waals surface area contributed by atoms with Crippen LogP contribution in [0.3, 0.4) is 0 Å². The van der Waals surface area contributed by atoms with Gasteiger partial charge in [-0.05, 0) is 25.3 Å². The Morgan fingerprint density at radius 3 is 3.12 bits per heavy atom. The summed E-state index contributed by atoms with van der Waals surface area (Å²) in [7, 11) is 1.84. The Bertz CT molecular complexity index is 414. The van der Waals surface area contributed by atoms with Crippen molar-refractivity contribution in [2.45, 2.75) is 18.9 Å². The molecule has 0 radical (unpaired) electrons. The van der Waals surface area contributed by atoms with Gasteiger partial charge in [-0.2, -0.15) is 5.10 Å². The molecule has 2 saturated heterocycles. The van der Waals surface area contributed by atoms with Crippen molar-refractivity contribution in [3.05, 3.63) is 18.0 Å². The number of carbonyl (C=O) groups is 1. The van der Waals surface area contributed by atoms with E-state index in [4.69, 9.17) is 0 Å². The minimum atomic E-state index is 0.120. The van der Waals surface area contributed by atoms with E-state index in [-0.39, 0.29) is 5.91 Å². The molecule has 92 valence electrons. The first kappa shape index (κ1) is 10.8. The number of aryl methyl sites for hydroxylation is 1. The number of nitrogens with one attached hydrogen (secondary N) is 1. The van der Waals surface area contributed by atoms with Crippen molar-refractivity contribution in [2.24, 2.45) is 13.0 Å². The van der Waals surface area contributed by atoms with E-state index < -0.39 is 0 Å². The third-order valence-electron chi connectivity index (χ3n) is 3.84. The molecule has 0 bridgehead atoms. The predicted molar refractivity (Wildman–Crippen MR) is 63.6 cm³/mol. The van der Waals surface area contributed by atoms with Crippen LogP contribution in [-0.4, -0.2) is 46.3 Å². The molecule has 1 N–H and O–H groups in total. The van der Waals surface area contributed by atoms with Gasteiger partial charge < -0.3 is 10.2 Å². The van der Waals surface area contributed by atoms with Crippen LogP contribution in [0.1, 0.15) is 23.2 Å². The monoisotopic (exact) mass is 234 g/mol. The maximum Gasteiger partial charge on any atom is 0.257 e. The van der Waals surface area contributed by atoms with Crippen LogP contribution in [0.15, 0.2) is 12.4 Å². The van der Waals surface area contributed by atoms with Crippen LogP contribution in [0, 0.1) is 5.92 Å². The number of hydrogen-bond acceptors (Lipinski definition) is 3. The Kier molecular flexibility index (Phi) is 2.63. The fourth-order valence-corrected chi connectivity index (χ4v) is 2.93. The SMILES string of the molecule is Cn1cc(C(=O)N2C[C@@H]3CCCN[C@@H]3C2)cn1. The second kappa shape index (κ2) is 4.14. The largest absolute Gasteiger partial charge is 0.337 e. The quantitative estimate of drug-likeness (QED) is 0.757. The summed E-state index contributed by atoms with van der Waals surface area (Å²) in [4.78, 5) is 14.2. The highest BCUT2D eigenvalue weighted by atomic mass is 16.2. The normalized spacial score (nSPS) is 28.2. The van der Waals surface area contributed by atoms with E-state index in [1.165, 1.54) is 12.8 Å². The molecule has 3 heterocycles. The number of piperidine rings is 1. The van der Waals surface area contributed by atoms with Crippen LogP contribution in [0.25, 0.3) is 0 Å². The highest BCUT2D eigenvalue weighted by Gasteiger charge is 2.36. The van der Waals surface area contributed by atoms with Crippen LogP contribution in [-0.2, 0) is 7.05 Å². The van der Waals surface area contributed by atoms with Crippen molar-refractivity contribution in [3.63, 3.8) is 0 Å². The molecular formula is C12H18N4O. The summed E-state index contributed by atoms with van der Waals surface area (Å²) in [5.74, 6) is 0.763. The maximum atomic E-state index is 12.2. The fraction of sp³-hybridized carbons (Fsp3) is 0.667. The zero-order valence-corrected chi connectivity index (χ0v) is 10.1. The first-order valence-electron chi connectivity index (χ1n) is 6.25. The van der Waals surface area contributed by atoms with Crippen molar-refractivity contribution >= 4 is 5.91 Å². The zero-order valence-electron chi connectivity index (χ0n) is 10.1. The van der Waals surface area contributed by atoms with Gasteiger partial charge in [0.05, 0.1) is 11.8 Å². The Balaban J connectivity index is 1.71. The van der Waals surface area contributed by atoms with Crippen molar-refractivity contribution < 1.29 is 4.79 Å². The number of aromatic nitrogens is 2. The second-order valence-electron chi connectivity index (χ2n) is 5.08. The van der Waals surface area contributed by atoms with Gasteiger partial charge in [0.1, 0.15) is 0 Å². The van der Waals surface area contributed by atoms with E-state index in [1.54, 1.807) is 17.1 Å². The standard InChI is InChI=1S/C12H18N4O/c1-15-6-10(5-14-15)12(17)16-7-9-3-2-4-13-11(9)8-16/h5-6,9,11,13H,2-4,7-8H2,1H3/t9-,11+/m0/s1. The molecule has 0 saturated carbocycles. The highest BCUT2D eigenvalue weighted by molar-refractivity contribution is 5.94. The second-order valence-corrected chi connectivity index (χ2v) is 5.08. The van der Waals surface area contributed by atoms with Gasteiger partial charge in [-0.25, -0.2) is 0 Å². The average molecular weight is 234 g/mol. The minimum absolute atomic E-state index is 0.120. The van der Waals surface area contributed by atoms with Gasteiger partial charge in [-0.1, -0.05) is 0 Å². The topological polar surface area (TPSA) is 50.2 Å². The summed E-state index contributed by atoms with van der Waals surface area (Å²) in [6.45, 7) is 2.83. The molecule has 17 heavy (non-hydrogen) atoms. The van der Waals surface area contributed by atoms with E-state index in [2.05, 4.69) is 10.4 Å². The molecule has 2 atom stereocenters. The third-order valence-corrected chi connectivity index (χ3v) is 3.84. The van der Waals surface area contributed by atoms with Gasteiger partial charge >= 0.3 is 0 Å². The molecule has 5 heteroatoms. The molecule has 2 aliphatic heterocycles. The Labute approximate surface area is 101 Å². The van der Waals surface area contributed by atoms with Gasteiger partial charge in [0, 0.05) is 32.4 Å². The van der Waals surface area contributed by atoms with Crippen LogP contribution in [0.5, 0.6) is 0 Å². The number of fused-ring (bicyclic) bond motifs is 1. The Morgan fingerprint density at radius 2 is 2.41 bits per heavy atom. The first-order valence-corrected chi connectivity index (χ1v) is 6.25. The lowest BCUT2D eigenvalue weighted by Gasteiger charge is -2.24. The molecule has 1 amide bonds. The smallest absolute Gasteiger partial charge is 0.257 e. The summed E-state index contributed by atoms with van der Waals surface area (Å²) < 4.78 is 1.68.